The third-order valence-corrected chi connectivity index (χ3v) is 3.31. The minimum Gasteiger partial charge on any atom is -0.383 e. The number of nitrogens with zero attached hydrogens (tertiary/aromatic N) is 3. The molecule has 2 aromatic rings. The molecule has 0 spiro atoms. The van der Waals surface area contributed by atoms with Crippen LogP contribution in [0.2, 0.25) is 0 Å². The minimum atomic E-state index is -0.268. The van der Waals surface area contributed by atoms with Crippen molar-refractivity contribution in [2.24, 2.45) is 0 Å². The normalized spacial score (nSPS) is 10.9. The molecule has 0 saturated heterocycles. The van der Waals surface area contributed by atoms with Gasteiger partial charge in [0.05, 0.1) is 29.5 Å². The Labute approximate surface area is 125 Å². The molecule has 0 saturated carbocycles. The van der Waals surface area contributed by atoms with E-state index < -0.39 is 0 Å². The van der Waals surface area contributed by atoms with E-state index in [2.05, 4.69) is 31.6 Å². The molecule has 1 aromatic heterocycles. The third kappa shape index (κ3) is 4.36. The number of methoxy groups -OCH3 is 1. The first kappa shape index (κ1) is 15.1. The molecule has 0 amide bonds. The number of nitrogens with one attached hydrogen (secondary N) is 1. The summed E-state index contributed by atoms with van der Waals surface area (Å²) < 4.78 is 20.3. The molecule has 20 heavy (non-hydrogen) atoms. The topological polar surface area (TPSA) is 52.0 Å². The van der Waals surface area contributed by atoms with Gasteiger partial charge in [-0.3, -0.25) is 0 Å². The van der Waals surface area contributed by atoms with E-state index in [4.69, 9.17) is 4.74 Å². The monoisotopic (exact) mass is 342 g/mol. The largest absolute Gasteiger partial charge is 0.383 e. The van der Waals surface area contributed by atoms with Gasteiger partial charge in [0.2, 0.25) is 0 Å². The Morgan fingerprint density at radius 3 is 3.05 bits per heavy atom. The molecular formula is C13H16BrFN4O. The summed E-state index contributed by atoms with van der Waals surface area (Å²) >= 11 is 3.17. The highest BCUT2D eigenvalue weighted by Crippen LogP contribution is 2.17. The van der Waals surface area contributed by atoms with Crippen molar-refractivity contribution in [3.05, 3.63) is 45.9 Å². The summed E-state index contributed by atoms with van der Waals surface area (Å²) in [5, 5.41) is 11.3. The number of hydrogen-bond donors (Lipinski definition) is 1. The zero-order chi connectivity index (χ0) is 14.4. The molecule has 5 nitrogen and oxygen atoms in total. The third-order valence-electron chi connectivity index (χ3n) is 2.70. The number of hydrogen-bond acceptors (Lipinski definition) is 4. The molecule has 1 heterocycles. The summed E-state index contributed by atoms with van der Waals surface area (Å²) in [7, 11) is 1.67. The van der Waals surface area contributed by atoms with Gasteiger partial charge in [-0.2, -0.15) is 0 Å². The fourth-order valence-electron chi connectivity index (χ4n) is 1.71. The van der Waals surface area contributed by atoms with Gasteiger partial charge in [-0.25, -0.2) is 9.07 Å². The first-order valence-corrected chi connectivity index (χ1v) is 7.01. The summed E-state index contributed by atoms with van der Waals surface area (Å²) in [4.78, 5) is 0. The van der Waals surface area contributed by atoms with Crippen LogP contribution in [0.1, 0.15) is 11.3 Å². The second-order valence-electron chi connectivity index (χ2n) is 4.33. The van der Waals surface area contributed by atoms with Gasteiger partial charge in [0.15, 0.2) is 0 Å². The molecule has 0 unspecified atom stereocenters. The lowest BCUT2D eigenvalue weighted by molar-refractivity contribution is 0.199. The first-order chi connectivity index (χ1) is 9.69. The quantitative estimate of drug-likeness (QED) is 0.781. The highest BCUT2D eigenvalue weighted by molar-refractivity contribution is 9.10. The van der Waals surface area contributed by atoms with Gasteiger partial charge in [0, 0.05) is 20.2 Å². The Morgan fingerprint density at radius 2 is 2.30 bits per heavy atom. The Bertz CT molecular complexity index is 561. The molecule has 0 radical (unpaired) electrons. The zero-order valence-electron chi connectivity index (χ0n) is 11.1. The van der Waals surface area contributed by atoms with Crippen LogP contribution in [0.15, 0.2) is 28.9 Å². The van der Waals surface area contributed by atoms with Crippen molar-refractivity contribution in [2.45, 2.75) is 13.1 Å². The van der Waals surface area contributed by atoms with Crippen LogP contribution in [0.4, 0.5) is 4.39 Å². The van der Waals surface area contributed by atoms with E-state index in [0.29, 0.717) is 24.2 Å². The van der Waals surface area contributed by atoms with Gasteiger partial charge in [-0.05, 0) is 33.6 Å². The molecular weight excluding hydrogens is 327 g/mol. The van der Waals surface area contributed by atoms with Crippen LogP contribution in [-0.2, 0) is 17.8 Å². The lowest BCUT2D eigenvalue weighted by atomic mass is 10.2. The van der Waals surface area contributed by atoms with Crippen LogP contribution < -0.4 is 5.32 Å². The smallest absolute Gasteiger partial charge is 0.137 e. The summed E-state index contributed by atoms with van der Waals surface area (Å²) in [5.74, 6) is -0.268. The number of ether oxygens (including phenoxy) is 1. The molecule has 0 aliphatic carbocycles. The maximum atomic E-state index is 13.1. The van der Waals surface area contributed by atoms with Crippen LogP contribution in [0, 0.1) is 5.82 Å². The van der Waals surface area contributed by atoms with Crippen LogP contribution >= 0.6 is 15.9 Å². The number of aromatic nitrogens is 3. The number of benzene rings is 1. The lowest BCUT2D eigenvalue weighted by Crippen LogP contribution is -2.18. The second-order valence-corrected chi connectivity index (χ2v) is 5.18. The van der Waals surface area contributed by atoms with Gasteiger partial charge < -0.3 is 10.1 Å². The van der Waals surface area contributed by atoms with Gasteiger partial charge in [-0.15, -0.1) is 5.10 Å². The molecule has 2 rings (SSSR count). The molecule has 0 bridgehead atoms. The molecule has 7 heteroatoms. The van der Waals surface area contributed by atoms with Gasteiger partial charge in [-0.1, -0.05) is 11.3 Å². The zero-order valence-corrected chi connectivity index (χ0v) is 12.7. The SMILES string of the molecule is COCCNCc1cn(Cc2ccc(F)c(Br)c2)nn1. The first-order valence-electron chi connectivity index (χ1n) is 6.21. The van der Waals surface area contributed by atoms with Crippen molar-refractivity contribution >= 4 is 15.9 Å². The minimum absolute atomic E-state index is 0.268. The van der Waals surface area contributed by atoms with E-state index in [0.717, 1.165) is 17.8 Å². The Balaban J connectivity index is 1.90. The summed E-state index contributed by atoms with van der Waals surface area (Å²) in [6, 6.07) is 4.91. The highest BCUT2D eigenvalue weighted by atomic mass is 79.9. The van der Waals surface area contributed by atoms with Crippen LogP contribution in [0.25, 0.3) is 0 Å². The van der Waals surface area contributed by atoms with E-state index in [1.165, 1.54) is 6.07 Å². The molecule has 0 fully saturated rings. The Kier molecular flexibility index (Phi) is 5.63. The predicted molar refractivity (Wildman–Crippen MR) is 76.8 cm³/mol. The van der Waals surface area contributed by atoms with Gasteiger partial charge in [0.1, 0.15) is 5.82 Å². The summed E-state index contributed by atoms with van der Waals surface area (Å²) in [5.41, 5.74) is 1.82. The number of halogens is 2. The molecule has 0 aliphatic heterocycles. The van der Waals surface area contributed by atoms with E-state index in [9.17, 15) is 4.39 Å². The van der Waals surface area contributed by atoms with Crippen molar-refractivity contribution in [3.8, 4) is 0 Å². The van der Waals surface area contributed by atoms with E-state index >= 15 is 0 Å². The van der Waals surface area contributed by atoms with Crippen molar-refractivity contribution in [1.82, 2.24) is 20.3 Å². The van der Waals surface area contributed by atoms with Gasteiger partial charge >= 0.3 is 0 Å². The Morgan fingerprint density at radius 1 is 1.45 bits per heavy atom. The van der Waals surface area contributed by atoms with E-state index in [-0.39, 0.29) is 5.82 Å². The van der Waals surface area contributed by atoms with Crippen molar-refractivity contribution < 1.29 is 9.13 Å². The standard InChI is InChI=1S/C13H16BrFN4O/c1-20-5-4-16-7-11-9-19(18-17-11)8-10-2-3-13(15)12(14)6-10/h2-3,6,9,16H,4-5,7-8H2,1H3. The van der Waals surface area contributed by atoms with Crippen LogP contribution in [-0.4, -0.2) is 35.3 Å². The summed E-state index contributed by atoms with van der Waals surface area (Å²) in [6.45, 7) is 2.65. The van der Waals surface area contributed by atoms with Crippen molar-refractivity contribution in [2.75, 3.05) is 20.3 Å². The predicted octanol–water partition coefficient (Wildman–Crippen LogP) is 1.96. The van der Waals surface area contributed by atoms with E-state index in [1.54, 1.807) is 23.9 Å². The maximum Gasteiger partial charge on any atom is 0.137 e. The fraction of sp³-hybridized carbons (Fsp3) is 0.385. The lowest BCUT2D eigenvalue weighted by Gasteiger charge is -2.02. The van der Waals surface area contributed by atoms with Crippen LogP contribution in [0.5, 0.6) is 0 Å². The molecule has 1 aromatic carbocycles. The van der Waals surface area contributed by atoms with Gasteiger partial charge in [0.25, 0.3) is 0 Å². The molecule has 0 aliphatic rings. The second kappa shape index (κ2) is 7.47. The van der Waals surface area contributed by atoms with Crippen molar-refractivity contribution in [3.63, 3.8) is 0 Å². The van der Waals surface area contributed by atoms with Crippen molar-refractivity contribution in [1.29, 1.82) is 0 Å². The average Bonchev–Trinajstić information content (AvgIpc) is 2.87. The van der Waals surface area contributed by atoms with Crippen LogP contribution in [0.3, 0.4) is 0 Å². The Hall–Kier alpha value is -1.31. The van der Waals surface area contributed by atoms with E-state index in [1.807, 2.05) is 6.20 Å². The molecule has 108 valence electrons. The fourth-order valence-corrected chi connectivity index (χ4v) is 2.14. The highest BCUT2D eigenvalue weighted by Gasteiger charge is 2.04. The maximum absolute atomic E-state index is 13.1. The molecule has 1 N–H and O–H groups in total. The summed E-state index contributed by atoms with van der Waals surface area (Å²) in [6.07, 6.45) is 1.87. The molecule has 0 atom stereocenters. The average molecular weight is 343 g/mol. The number of rotatable bonds is 7.